The van der Waals surface area contributed by atoms with E-state index >= 15 is 0 Å². The van der Waals surface area contributed by atoms with Gasteiger partial charge in [-0.05, 0) is 25.7 Å². The molecule has 2 nitrogen and oxygen atoms in total. The number of carbonyl (C=O) groups excluding carboxylic acids is 1. The average Bonchev–Trinajstić information content (AvgIpc) is 1.60. The Kier molecular flexibility index (Phi) is 2.09. The first-order valence-corrected chi connectivity index (χ1v) is 3.43. The Morgan fingerprint density at radius 2 is 2.33 bits per heavy atom. The van der Waals surface area contributed by atoms with Gasteiger partial charge >= 0.3 is 0 Å². The van der Waals surface area contributed by atoms with Gasteiger partial charge in [0.05, 0.1) is 0 Å². The number of ether oxygens (including phenoxy) is 1. The summed E-state index contributed by atoms with van der Waals surface area (Å²) in [7, 11) is 0. The standard InChI is InChI=1S/C7H12O2/c1-6(9-5-8)7-3-2-4-7/h5-7H,2-4H2,1H3. The van der Waals surface area contributed by atoms with Crippen molar-refractivity contribution in [1.82, 2.24) is 0 Å². The van der Waals surface area contributed by atoms with Crippen LogP contribution < -0.4 is 0 Å². The molecular formula is C7H12O2. The van der Waals surface area contributed by atoms with Crippen LogP contribution in [0.15, 0.2) is 0 Å². The first-order valence-electron chi connectivity index (χ1n) is 3.43. The lowest BCUT2D eigenvalue weighted by Gasteiger charge is -2.29. The van der Waals surface area contributed by atoms with Crippen molar-refractivity contribution in [2.24, 2.45) is 5.92 Å². The molecule has 52 valence electrons. The smallest absolute Gasteiger partial charge is 0.293 e. The third kappa shape index (κ3) is 1.44. The van der Waals surface area contributed by atoms with Gasteiger partial charge < -0.3 is 4.74 Å². The highest BCUT2D eigenvalue weighted by atomic mass is 16.5. The molecule has 0 saturated heterocycles. The minimum atomic E-state index is 0.149. The van der Waals surface area contributed by atoms with Crippen molar-refractivity contribution in [2.75, 3.05) is 0 Å². The number of rotatable bonds is 3. The molecule has 1 unspecified atom stereocenters. The zero-order valence-electron chi connectivity index (χ0n) is 5.67. The molecule has 0 aliphatic heterocycles. The summed E-state index contributed by atoms with van der Waals surface area (Å²) in [5, 5.41) is 0. The van der Waals surface area contributed by atoms with Crippen LogP contribution in [0.3, 0.4) is 0 Å². The van der Waals surface area contributed by atoms with Gasteiger partial charge in [-0.25, -0.2) is 0 Å². The van der Waals surface area contributed by atoms with Crippen molar-refractivity contribution >= 4 is 6.47 Å². The summed E-state index contributed by atoms with van der Waals surface area (Å²) in [6.07, 6.45) is 3.91. The molecule has 1 aliphatic carbocycles. The van der Waals surface area contributed by atoms with Crippen molar-refractivity contribution < 1.29 is 9.53 Å². The van der Waals surface area contributed by atoms with Crippen LogP contribution >= 0.6 is 0 Å². The van der Waals surface area contributed by atoms with Gasteiger partial charge in [-0.15, -0.1) is 0 Å². The maximum atomic E-state index is 9.84. The van der Waals surface area contributed by atoms with E-state index in [1.807, 2.05) is 6.92 Å². The molecular weight excluding hydrogens is 116 g/mol. The summed E-state index contributed by atoms with van der Waals surface area (Å²) in [6.45, 7) is 2.50. The van der Waals surface area contributed by atoms with Crippen LogP contribution in [0.1, 0.15) is 26.2 Å². The fourth-order valence-corrected chi connectivity index (χ4v) is 1.11. The Morgan fingerprint density at radius 1 is 1.67 bits per heavy atom. The Bertz CT molecular complexity index is 97.1. The third-order valence-corrected chi connectivity index (χ3v) is 2.08. The van der Waals surface area contributed by atoms with E-state index in [0.717, 1.165) is 0 Å². The fraction of sp³-hybridized carbons (Fsp3) is 0.857. The summed E-state index contributed by atoms with van der Waals surface area (Å²) < 4.78 is 4.77. The molecule has 0 aromatic carbocycles. The lowest BCUT2D eigenvalue weighted by atomic mass is 9.82. The van der Waals surface area contributed by atoms with Crippen molar-refractivity contribution in [3.63, 3.8) is 0 Å². The Labute approximate surface area is 55.2 Å². The van der Waals surface area contributed by atoms with Crippen LogP contribution in [0.5, 0.6) is 0 Å². The molecule has 0 bridgehead atoms. The van der Waals surface area contributed by atoms with Gasteiger partial charge in [0, 0.05) is 0 Å². The van der Waals surface area contributed by atoms with Crippen LogP contribution in [-0.4, -0.2) is 12.6 Å². The molecule has 1 rings (SSSR count). The van der Waals surface area contributed by atoms with Crippen LogP contribution in [0, 0.1) is 5.92 Å². The first kappa shape index (κ1) is 6.59. The fourth-order valence-electron chi connectivity index (χ4n) is 1.11. The molecule has 0 amide bonds. The van der Waals surface area contributed by atoms with E-state index in [1.54, 1.807) is 0 Å². The van der Waals surface area contributed by atoms with E-state index in [4.69, 9.17) is 4.74 Å². The molecule has 1 saturated carbocycles. The third-order valence-electron chi connectivity index (χ3n) is 2.08. The molecule has 1 aliphatic rings. The number of hydrogen-bond donors (Lipinski definition) is 0. The monoisotopic (exact) mass is 128 g/mol. The van der Waals surface area contributed by atoms with Gasteiger partial charge in [0.2, 0.25) is 0 Å². The zero-order chi connectivity index (χ0) is 6.69. The number of carbonyl (C=O) groups is 1. The van der Waals surface area contributed by atoms with Crippen LogP contribution in [0.25, 0.3) is 0 Å². The summed E-state index contributed by atoms with van der Waals surface area (Å²) >= 11 is 0. The van der Waals surface area contributed by atoms with Crippen LogP contribution in [0.2, 0.25) is 0 Å². The quantitative estimate of drug-likeness (QED) is 0.536. The average molecular weight is 128 g/mol. The zero-order valence-corrected chi connectivity index (χ0v) is 5.67. The van der Waals surface area contributed by atoms with Crippen molar-refractivity contribution in [3.05, 3.63) is 0 Å². The minimum Gasteiger partial charge on any atom is -0.465 e. The Morgan fingerprint density at radius 3 is 2.67 bits per heavy atom. The molecule has 9 heavy (non-hydrogen) atoms. The summed E-state index contributed by atoms with van der Waals surface area (Å²) in [4.78, 5) is 9.84. The molecule has 0 aromatic rings. The Hall–Kier alpha value is -0.530. The van der Waals surface area contributed by atoms with Gasteiger partial charge in [-0.3, -0.25) is 4.79 Å². The summed E-state index contributed by atoms with van der Waals surface area (Å²) in [6, 6.07) is 0. The van der Waals surface area contributed by atoms with Crippen LogP contribution in [0.4, 0.5) is 0 Å². The second kappa shape index (κ2) is 2.85. The Balaban J connectivity index is 2.15. The molecule has 1 fully saturated rings. The summed E-state index contributed by atoms with van der Waals surface area (Å²) in [5.41, 5.74) is 0. The maximum absolute atomic E-state index is 9.84. The normalized spacial score (nSPS) is 22.3. The molecule has 2 heteroatoms. The molecule has 1 atom stereocenters. The highest BCUT2D eigenvalue weighted by Gasteiger charge is 2.24. The topological polar surface area (TPSA) is 26.3 Å². The second-order valence-electron chi connectivity index (χ2n) is 2.63. The highest BCUT2D eigenvalue weighted by Crippen LogP contribution is 2.30. The first-order chi connectivity index (χ1) is 4.34. The van der Waals surface area contributed by atoms with E-state index in [0.29, 0.717) is 12.4 Å². The van der Waals surface area contributed by atoms with E-state index in [2.05, 4.69) is 0 Å². The lowest BCUT2D eigenvalue weighted by Crippen LogP contribution is -2.26. The lowest BCUT2D eigenvalue weighted by molar-refractivity contribution is -0.136. The van der Waals surface area contributed by atoms with Crippen molar-refractivity contribution in [2.45, 2.75) is 32.3 Å². The molecule has 0 N–H and O–H groups in total. The van der Waals surface area contributed by atoms with E-state index < -0.39 is 0 Å². The van der Waals surface area contributed by atoms with Gasteiger partial charge in [0.1, 0.15) is 6.10 Å². The molecule has 0 heterocycles. The van der Waals surface area contributed by atoms with Crippen molar-refractivity contribution in [1.29, 1.82) is 0 Å². The molecule has 0 radical (unpaired) electrons. The van der Waals surface area contributed by atoms with Gasteiger partial charge in [-0.2, -0.15) is 0 Å². The highest BCUT2D eigenvalue weighted by molar-refractivity contribution is 5.37. The SMILES string of the molecule is CC(OC=O)C1CCC1. The summed E-state index contributed by atoms with van der Waals surface area (Å²) in [5.74, 6) is 0.648. The van der Waals surface area contributed by atoms with Gasteiger partial charge in [-0.1, -0.05) is 6.42 Å². The predicted molar refractivity (Wildman–Crippen MR) is 34.0 cm³/mol. The largest absolute Gasteiger partial charge is 0.465 e. The van der Waals surface area contributed by atoms with E-state index in [1.165, 1.54) is 19.3 Å². The second-order valence-corrected chi connectivity index (χ2v) is 2.63. The van der Waals surface area contributed by atoms with E-state index in [9.17, 15) is 4.79 Å². The minimum absolute atomic E-state index is 0.149. The molecule has 0 aromatic heterocycles. The van der Waals surface area contributed by atoms with Crippen molar-refractivity contribution in [3.8, 4) is 0 Å². The van der Waals surface area contributed by atoms with Gasteiger partial charge in [0.15, 0.2) is 0 Å². The molecule has 0 spiro atoms. The maximum Gasteiger partial charge on any atom is 0.293 e. The number of hydrogen-bond acceptors (Lipinski definition) is 2. The van der Waals surface area contributed by atoms with E-state index in [-0.39, 0.29) is 6.10 Å². The predicted octanol–water partition coefficient (Wildman–Crippen LogP) is 1.35. The van der Waals surface area contributed by atoms with Gasteiger partial charge in [0.25, 0.3) is 6.47 Å². The van der Waals surface area contributed by atoms with Crippen LogP contribution in [-0.2, 0) is 9.53 Å².